The van der Waals surface area contributed by atoms with E-state index in [9.17, 15) is 4.79 Å². The lowest BCUT2D eigenvalue weighted by molar-refractivity contribution is 0.0775. The summed E-state index contributed by atoms with van der Waals surface area (Å²) in [7, 11) is 3.53. The summed E-state index contributed by atoms with van der Waals surface area (Å²) >= 11 is 1.72. The van der Waals surface area contributed by atoms with Crippen molar-refractivity contribution in [2.24, 2.45) is 0 Å². The Hall–Kier alpha value is -3.05. The zero-order chi connectivity index (χ0) is 20.4. The van der Waals surface area contributed by atoms with Crippen LogP contribution in [0.4, 0.5) is 0 Å². The molecule has 4 rings (SSSR count). The zero-order valence-corrected chi connectivity index (χ0v) is 17.7. The first-order chi connectivity index (χ1) is 14.0. The standard InChI is InChI=1S/C24H24N2O2S/c1-17-12-21-23(29-17)14-22(24(27)25(2)15-18-8-5-4-6-9-18)26(21)16-19-10-7-11-20(13-19)28-3/h4-14H,15-16H2,1-3H3. The van der Waals surface area contributed by atoms with Crippen molar-refractivity contribution in [1.82, 2.24) is 9.47 Å². The van der Waals surface area contributed by atoms with Crippen molar-refractivity contribution in [2.75, 3.05) is 14.2 Å². The molecule has 5 heteroatoms. The van der Waals surface area contributed by atoms with Gasteiger partial charge in [-0.25, -0.2) is 0 Å². The minimum Gasteiger partial charge on any atom is -0.497 e. The number of amides is 1. The molecule has 0 N–H and O–H groups in total. The third-order valence-corrected chi connectivity index (χ3v) is 6.00. The third-order valence-electron chi connectivity index (χ3n) is 5.02. The molecule has 4 nitrogen and oxygen atoms in total. The fourth-order valence-electron chi connectivity index (χ4n) is 3.59. The Bertz CT molecular complexity index is 1140. The van der Waals surface area contributed by atoms with Gasteiger partial charge in [0.25, 0.3) is 5.91 Å². The number of thiophene rings is 1. The number of nitrogens with zero attached hydrogens (tertiary/aromatic N) is 2. The van der Waals surface area contributed by atoms with E-state index in [4.69, 9.17) is 4.74 Å². The summed E-state index contributed by atoms with van der Waals surface area (Å²) in [5.41, 5.74) is 4.04. The van der Waals surface area contributed by atoms with Crippen LogP contribution in [-0.4, -0.2) is 29.5 Å². The van der Waals surface area contributed by atoms with Gasteiger partial charge in [-0.2, -0.15) is 0 Å². The number of aromatic nitrogens is 1. The molecule has 0 aliphatic carbocycles. The minimum atomic E-state index is 0.0257. The van der Waals surface area contributed by atoms with Crippen molar-refractivity contribution in [1.29, 1.82) is 0 Å². The summed E-state index contributed by atoms with van der Waals surface area (Å²) in [6, 6.07) is 22.3. The van der Waals surface area contributed by atoms with Crippen molar-refractivity contribution in [3.8, 4) is 5.75 Å². The predicted octanol–water partition coefficient (Wildman–Crippen LogP) is 5.34. The smallest absolute Gasteiger partial charge is 0.270 e. The largest absolute Gasteiger partial charge is 0.497 e. The van der Waals surface area contributed by atoms with Crippen LogP contribution in [0.5, 0.6) is 5.75 Å². The maximum absolute atomic E-state index is 13.3. The second kappa shape index (κ2) is 8.13. The Morgan fingerprint density at radius 2 is 1.79 bits per heavy atom. The van der Waals surface area contributed by atoms with Gasteiger partial charge in [0, 0.05) is 25.0 Å². The number of methoxy groups -OCH3 is 1. The van der Waals surface area contributed by atoms with Gasteiger partial charge in [0.15, 0.2) is 0 Å². The van der Waals surface area contributed by atoms with Crippen molar-refractivity contribution >= 4 is 27.5 Å². The van der Waals surface area contributed by atoms with Crippen LogP contribution in [0.1, 0.15) is 26.5 Å². The molecule has 0 spiro atoms. The van der Waals surface area contributed by atoms with Gasteiger partial charge in [0.05, 0.1) is 17.3 Å². The zero-order valence-electron chi connectivity index (χ0n) is 16.9. The fourth-order valence-corrected chi connectivity index (χ4v) is 4.55. The summed E-state index contributed by atoms with van der Waals surface area (Å²) in [5.74, 6) is 0.847. The second-order valence-electron chi connectivity index (χ2n) is 7.22. The molecular formula is C24H24N2O2S. The number of hydrogen-bond donors (Lipinski definition) is 0. The van der Waals surface area contributed by atoms with Crippen molar-refractivity contribution in [3.63, 3.8) is 0 Å². The van der Waals surface area contributed by atoms with E-state index in [1.165, 1.54) is 4.88 Å². The Kier molecular flexibility index (Phi) is 5.41. The van der Waals surface area contributed by atoms with Crippen LogP contribution in [0.15, 0.2) is 66.7 Å². The molecule has 0 aliphatic rings. The molecule has 2 aromatic heterocycles. The number of aryl methyl sites for hydroxylation is 1. The Morgan fingerprint density at radius 3 is 2.55 bits per heavy atom. The van der Waals surface area contributed by atoms with Crippen LogP contribution < -0.4 is 4.74 Å². The maximum atomic E-state index is 13.3. The molecule has 0 radical (unpaired) electrons. The topological polar surface area (TPSA) is 34.5 Å². The number of rotatable bonds is 6. The van der Waals surface area contributed by atoms with Crippen LogP contribution in [0, 0.1) is 6.92 Å². The summed E-state index contributed by atoms with van der Waals surface area (Å²) in [4.78, 5) is 16.3. The molecule has 4 aromatic rings. The molecule has 0 unspecified atom stereocenters. The summed E-state index contributed by atoms with van der Waals surface area (Å²) in [6.45, 7) is 3.30. The van der Waals surface area contributed by atoms with Crippen LogP contribution in [0.2, 0.25) is 0 Å². The van der Waals surface area contributed by atoms with Gasteiger partial charge in [-0.15, -0.1) is 11.3 Å². The molecule has 0 saturated carbocycles. The van der Waals surface area contributed by atoms with E-state index in [1.54, 1.807) is 23.3 Å². The van der Waals surface area contributed by atoms with Crippen LogP contribution in [0.3, 0.4) is 0 Å². The Balaban J connectivity index is 1.69. The Labute approximate surface area is 175 Å². The number of carbonyl (C=O) groups excluding carboxylic acids is 1. The van der Waals surface area contributed by atoms with Gasteiger partial charge in [-0.1, -0.05) is 42.5 Å². The third kappa shape index (κ3) is 4.05. The quantitative estimate of drug-likeness (QED) is 0.435. The van der Waals surface area contributed by atoms with Crippen LogP contribution >= 0.6 is 11.3 Å². The first-order valence-corrected chi connectivity index (χ1v) is 10.4. The lowest BCUT2D eigenvalue weighted by Gasteiger charge is -2.19. The van der Waals surface area contributed by atoms with Crippen molar-refractivity contribution in [2.45, 2.75) is 20.0 Å². The van der Waals surface area contributed by atoms with E-state index < -0.39 is 0 Å². The fraction of sp³-hybridized carbons (Fsp3) is 0.208. The van der Waals surface area contributed by atoms with Crippen molar-refractivity contribution in [3.05, 3.63) is 88.4 Å². The molecular weight excluding hydrogens is 380 g/mol. The van der Waals surface area contributed by atoms with E-state index >= 15 is 0 Å². The van der Waals surface area contributed by atoms with Gasteiger partial charge >= 0.3 is 0 Å². The monoisotopic (exact) mass is 404 g/mol. The van der Waals surface area contributed by atoms with Gasteiger partial charge in [0.1, 0.15) is 11.4 Å². The average Bonchev–Trinajstić information content (AvgIpc) is 3.25. The maximum Gasteiger partial charge on any atom is 0.270 e. The van der Waals surface area contributed by atoms with Gasteiger partial charge in [-0.3, -0.25) is 4.79 Å². The van der Waals surface area contributed by atoms with Crippen LogP contribution in [-0.2, 0) is 13.1 Å². The predicted molar refractivity (Wildman–Crippen MR) is 119 cm³/mol. The van der Waals surface area contributed by atoms with E-state index in [-0.39, 0.29) is 5.91 Å². The highest BCUT2D eigenvalue weighted by Gasteiger charge is 2.21. The molecule has 2 heterocycles. The van der Waals surface area contributed by atoms with E-state index in [2.05, 4.69) is 23.6 Å². The number of carbonyl (C=O) groups is 1. The number of ether oxygens (including phenoxy) is 1. The number of fused-ring (bicyclic) bond motifs is 1. The number of benzene rings is 2. The Morgan fingerprint density at radius 1 is 1.03 bits per heavy atom. The van der Waals surface area contributed by atoms with Gasteiger partial charge in [0.2, 0.25) is 0 Å². The highest BCUT2D eigenvalue weighted by molar-refractivity contribution is 7.19. The molecule has 0 fully saturated rings. The lowest BCUT2D eigenvalue weighted by Crippen LogP contribution is -2.28. The first-order valence-electron chi connectivity index (χ1n) is 9.57. The van der Waals surface area contributed by atoms with E-state index in [0.29, 0.717) is 18.8 Å². The molecule has 2 aromatic carbocycles. The van der Waals surface area contributed by atoms with E-state index in [1.807, 2.05) is 61.6 Å². The van der Waals surface area contributed by atoms with Crippen molar-refractivity contribution < 1.29 is 9.53 Å². The molecule has 0 saturated heterocycles. The highest BCUT2D eigenvalue weighted by atomic mass is 32.1. The molecule has 0 aliphatic heterocycles. The second-order valence-corrected chi connectivity index (χ2v) is 8.51. The average molecular weight is 405 g/mol. The van der Waals surface area contributed by atoms with Crippen LogP contribution in [0.25, 0.3) is 10.2 Å². The molecule has 0 bridgehead atoms. The SMILES string of the molecule is COc1cccc(Cn2c(C(=O)N(C)Cc3ccccc3)cc3sc(C)cc32)c1. The minimum absolute atomic E-state index is 0.0257. The summed E-state index contributed by atoms with van der Waals surface area (Å²) < 4.78 is 8.63. The lowest BCUT2D eigenvalue weighted by atomic mass is 10.2. The highest BCUT2D eigenvalue weighted by Crippen LogP contribution is 2.30. The first kappa shape index (κ1) is 19.3. The molecule has 0 atom stereocenters. The number of hydrogen-bond acceptors (Lipinski definition) is 3. The van der Waals surface area contributed by atoms with Gasteiger partial charge < -0.3 is 14.2 Å². The molecule has 148 valence electrons. The molecule has 29 heavy (non-hydrogen) atoms. The van der Waals surface area contributed by atoms with E-state index in [0.717, 1.165) is 27.1 Å². The normalized spacial score (nSPS) is 11.0. The summed E-state index contributed by atoms with van der Waals surface area (Å²) in [5, 5.41) is 0. The molecule has 1 amide bonds. The van der Waals surface area contributed by atoms with Gasteiger partial charge in [-0.05, 0) is 42.3 Å². The summed E-state index contributed by atoms with van der Waals surface area (Å²) in [6.07, 6.45) is 0.